The Kier molecular flexibility index (Phi) is 7.48. The minimum atomic E-state index is -3.74. The number of rotatable bonds is 8. The first-order valence-corrected chi connectivity index (χ1v) is 14.1. The van der Waals surface area contributed by atoms with Gasteiger partial charge in [0.15, 0.2) is 5.65 Å². The molecule has 0 radical (unpaired) electrons. The Bertz CT molecular complexity index is 1630. The molecule has 0 aliphatic carbocycles. The highest BCUT2D eigenvalue weighted by Gasteiger charge is 2.23. The second-order valence-corrected chi connectivity index (χ2v) is 11.3. The number of nitrogens with zero attached hydrogens (tertiary/aromatic N) is 6. The fraction of sp³-hybridized carbons (Fsp3) is 0.360. The van der Waals surface area contributed by atoms with Crippen molar-refractivity contribution in [2.45, 2.75) is 44.3 Å². The average molecular weight is 554 g/mol. The molecule has 2 atom stereocenters. The SMILES string of the molecule is CC(C)n1c(=O)c(-c2ccc(NS(=O)(=O)Cc3ccccn3)nc2)nc2cnc(N[C@@H]3CNC[C@@H](F)C3)nc21. The average Bonchev–Trinajstić information content (AvgIpc) is 2.89. The van der Waals surface area contributed by atoms with Crippen molar-refractivity contribution >= 4 is 33.0 Å². The molecular formula is C25H28FN9O3S. The zero-order valence-electron chi connectivity index (χ0n) is 21.4. The van der Waals surface area contributed by atoms with Gasteiger partial charge in [0, 0.05) is 49.6 Å². The summed E-state index contributed by atoms with van der Waals surface area (Å²) in [4.78, 5) is 35.1. The van der Waals surface area contributed by atoms with E-state index in [1.54, 1.807) is 24.3 Å². The lowest BCUT2D eigenvalue weighted by Gasteiger charge is -2.26. The number of sulfonamides is 1. The molecule has 1 fully saturated rings. The van der Waals surface area contributed by atoms with E-state index in [4.69, 9.17) is 0 Å². The molecule has 3 N–H and O–H groups in total. The number of anilines is 2. The number of nitrogens with one attached hydrogen (secondary N) is 3. The van der Waals surface area contributed by atoms with E-state index in [9.17, 15) is 17.6 Å². The second kappa shape index (κ2) is 11.0. The van der Waals surface area contributed by atoms with E-state index in [-0.39, 0.29) is 40.9 Å². The van der Waals surface area contributed by atoms with E-state index in [0.29, 0.717) is 41.9 Å². The molecule has 14 heteroatoms. The fourth-order valence-corrected chi connectivity index (χ4v) is 5.46. The Morgan fingerprint density at radius 2 is 1.95 bits per heavy atom. The lowest BCUT2D eigenvalue weighted by Crippen LogP contribution is -2.44. The highest BCUT2D eigenvalue weighted by Crippen LogP contribution is 2.21. The Labute approximate surface area is 224 Å². The Balaban J connectivity index is 1.41. The highest BCUT2D eigenvalue weighted by molar-refractivity contribution is 7.91. The molecule has 4 aromatic rings. The first kappa shape index (κ1) is 26.6. The van der Waals surface area contributed by atoms with Crippen LogP contribution in [0.5, 0.6) is 0 Å². The van der Waals surface area contributed by atoms with Gasteiger partial charge in [-0.15, -0.1) is 0 Å². The number of fused-ring (bicyclic) bond motifs is 1. The van der Waals surface area contributed by atoms with Gasteiger partial charge < -0.3 is 10.6 Å². The first-order valence-electron chi connectivity index (χ1n) is 12.5. The standard InChI is InChI=1S/C25H28FN9O3S/c1-15(2)35-23-20(13-30-25(33-23)31-19-9-17(26)11-27-12-19)32-22(24(35)36)16-6-7-21(29-10-16)34-39(37,38)14-18-5-3-4-8-28-18/h3-8,10,13,15,17,19,27H,9,11-12,14H2,1-2H3,(H,29,34)(H,30,31,33)/t17-,19-/m0/s1. The van der Waals surface area contributed by atoms with Crippen molar-refractivity contribution in [1.29, 1.82) is 0 Å². The largest absolute Gasteiger partial charge is 0.350 e. The number of alkyl halides is 1. The molecule has 204 valence electrons. The molecule has 5 rings (SSSR count). The highest BCUT2D eigenvalue weighted by atomic mass is 32.2. The van der Waals surface area contributed by atoms with E-state index in [2.05, 4.69) is 40.3 Å². The van der Waals surface area contributed by atoms with Crippen molar-refractivity contribution < 1.29 is 12.8 Å². The summed E-state index contributed by atoms with van der Waals surface area (Å²) in [5.41, 5.74) is 1.31. The molecule has 0 spiro atoms. The molecule has 1 aliphatic rings. The van der Waals surface area contributed by atoms with Crippen LogP contribution in [0.4, 0.5) is 16.2 Å². The number of pyridine rings is 2. The van der Waals surface area contributed by atoms with Gasteiger partial charge in [-0.3, -0.25) is 19.1 Å². The van der Waals surface area contributed by atoms with Crippen LogP contribution >= 0.6 is 0 Å². The zero-order valence-corrected chi connectivity index (χ0v) is 22.2. The van der Waals surface area contributed by atoms with Crippen molar-refractivity contribution in [2.24, 2.45) is 0 Å². The summed E-state index contributed by atoms with van der Waals surface area (Å²) >= 11 is 0. The topological polar surface area (TPSA) is 157 Å². The third kappa shape index (κ3) is 6.17. The Hall–Kier alpha value is -4.04. The molecule has 0 aromatic carbocycles. The van der Waals surface area contributed by atoms with Crippen LogP contribution in [0, 0.1) is 0 Å². The third-order valence-corrected chi connectivity index (χ3v) is 7.34. The number of hydrogen-bond donors (Lipinski definition) is 3. The van der Waals surface area contributed by atoms with E-state index in [1.165, 1.54) is 29.2 Å². The monoisotopic (exact) mass is 553 g/mol. The van der Waals surface area contributed by atoms with E-state index in [0.717, 1.165) is 0 Å². The number of halogens is 1. The molecule has 1 aliphatic heterocycles. The van der Waals surface area contributed by atoms with Crippen LogP contribution < -0.4 is 20.9 Å². The van der Waals surface area contributed by atoms with Crippen LogP contribution in [0.1, 0.15) is 32.0 Å². The maximum atomic E-state index is 13.8. The van der Waals surface area contributed by atoms with Crippen LogP contribution in [0.2, 0.25) is 0 Å². The zero-order chi connectivity index (χ0) is 27.6. The van der Waals surface area contributed by atoms with E-state index in [1.807, 2.05) is 13.8 Å². The van der Waals surface area contributed by atoms with Crippen LogP contribution in [-0.2, 0) is 15.8 Å². The van der Waals surface area contributed by atoms with Gasteiger partial charge in [0.25, 0.3) is 5.56 Å². The lowest BCUT2D eigenvalue weighted by molar-refractivity contribution is 0.254. The minimum Gasteiger partial charge on any atom is -0.350 e. The summed E-state index contributed by atoms with van der Waals surface area (Å²) < 4.78 is 42.7. The molecule has 0 amide bonds. The lowest BCUT2D eigenvalue weighted by atomic mass is 10.1. The van der Waals surface area contributed by atoms with Gasteiger partial charge in [-0.05, 0) is 38.1 Å². The van der Waals surface area contributed by atoms with Gasteiger partial charge in [-0.2, -0.15) is 4.98 Å². The maximum absolute atomic E-state index is 13.8. The van der Waals surface area contributed by atoms with Crippen molar-refractivity contribution in [3.63, 3.8) is 0 Å². The molecule has 1 saturated heterocycles. The van der Waals surface area contributed by atoms with Crippen molar-refractivity contribution in [3.8, 4) is 11.3 Å². The summed E-state index contributed by atoms with van der Waals surface area (Å²) in [5.74, 6) is 0.0904. The van der Waals surface area contributed by atoms with E-state index < -0.39 is 16.2 Å². The van der Waals surface area contributed by atoms with Crippen LogP contribution in [-0.4, -0.2) is 63.2 Å². The normalized spacial score (nSPS) is 17.8. The van der Waals surface area contributed by atoms with Crippen molar-refractivity contribution in [1.82, 2.24) is 34.8 Å². The van der Waals surface area contributed by atoms with Gasteiger partial charge in [0.2, 0.25) is 16.0 Å². The number of hydrogen-bond acceptors (Lipinski definition) is 10. The molecule has 39 heavy (non-hydrogen) atoms. The smallest absolute Gasteiger partial charge is 0.279 e. The van der Waals surface area contributed by atoms with Crippen LogP contribution in [0.25, 0.3) is 22.4 Å². The van der Waals surface area contributed by atoms with Gasteiger partial charge in [0.05, 0.1) is 11.9 Å². The van der Waals surface area contributed by atoms with Gasteiger partial charge in [-0.1, -0.05) is 6.07 Å². The van der Waals surface area contributed by atoms with E-state index >= 15 is 0 Å². The predicted octanol–water partition coefficient (Wildman–Crippen LogP) is 2.28. The molecule has 0 bridgehead atoms. The summed E-state index contributed by atoms with van der Waals surface area (Å²) in [6.07, 6.45) is 3.81. The first-order chi connectivity index (χ1) is 18.7. The summed E-state index contributed by atoms with van der Waals surface area (Å²) in [6, 6.07) is 7.66. The van der Waals surface area contributed by atoms with Crippen LogP contribution in [0.15, 0.2) is 53.7 Å². The Morgan fingerprint density at radius 1 is 1.10 bits per heavy atom. The Morgan fingerprint density at radius 3 is 2.64 bits per heavy atom. The summed E-state index contributed by atoms with van der Waals surface area (Å²) in [5, 5.41) is 6.16. The maximum Gasteiger partial charge on any atom is 0.279 e. The molecule has 4 aromatic heterocycles. The van der Waals surface area contributed by atoms with Gasteiger partial charge >= 0.3 is 0 Å². The van der Waals surface area contributed by atoms with Gasteiger partial charge in [0.1, 0.15) is 29.0 Å². The van der Waals surface area contributed by atoms with Crippen molar-refractivity contribution in [3.05, 3.63) is 65.0 Å². The fourth-order valence-electron chi connectivity index (χ4n) is 4.39. The molecule has 5 heterocycles. The summed E-state index contributed by atoms with van der Waals surface area (Å²) in [6.45, 7) is 4.62. The predicted molar refractivity (Wildman–Crippen MR) is 145 cm³/mol. The second-order valence-electron chi connectivity index (χ2n) is 9.58. The quantitative estimate of drug-likeness (QED) is 0.296. The summed E-state index contributed by atoms with van der Waals surface area (Å²) in [7, 11) is -3.74. The molecule has 0 saturated carbocycles. The van der Waals surface area contributed by atoms with Crippen LogP contribution in [0.3, 0.4) is 0 Å². The molecule has 12 nitrogen and oxygen atoms in total. The van der Waals surface area contributed by atoms with Crippen molar-refractivity contribution in [2.75, 3.05) is 23.1 Å². The third-order valence-electron chi connectivity index (χ3n) is 6.14. The number of aromatic nitrogens is 6. The minimum absolute atomic E-state index is 0.103. The molecule has 0 unspecified atom stereocenters. The molecular weight excluding hydrogens is 525 g/mol. The van der Waals surface area contributed by atoms with Gasteiger partial charge in [-0.25, -0.2) is 27.8 Å². The number of piperidine rings is 1.